The van der Waals surface area contributed by atoms with Crippen LogP contribution in [0.4, 0.5) is 4.39 Å². The van der Waals surface area contributed by atoms with Crippen LogP contribution in [0, 0.1) is 11.7 Å². The highest BCUT2D eigenvalue weighted by Crippen LogP contribution is 2.32. The van der Waals surface area contributed by atoms with Gasteiger partial charge in [0, 0.05) is 34.1 Å². The number of amides is 1. The fraction of sp³-hybridized carbons (Fsp3) is 0.250. The predicted molar refractivity (Wildman–Crippen MR) is 97.1 cm³/mol. The van der Waals surface area contributed by atoms with Crippen LogP contribution in [-0.2, 0) is 24.2 Å². The Kier molecular flexibility index (Phi) is 4.22. The summed E-state index contributed by atoms with van der Waals surface area (Å²) in [5, 5.41) is 4.58. The minimum Gasteiger partial charge on any atom is -0.358 e. The van der Waals surface area contributed by atoms with Gasteiger partial charge in [-0.25, -0.2) is 4.39 Å². The first-order valence-corrected chi connectivity index (χ1v) is 8.79. The molecule has 0 radical (unpaired) electrons. The van der Waals surface area contributed by atoms with E-state index in [2.05, 4.69) is 10.3 Å². The van der Waals surface area contributed by atoms with Gasteiger partial charge in [0.15, 0.2) is 0 Å². The molecular weight excluding hydrogens is 339 g/mol. The first-order valence-electron chi connectivity index (χ1n) is 8.41. The summed E-state index contributed by atoms with van der Waals surface area (Å²) in [5.74, 6) is -0.281. The van der Waals surface area contributed by atoms with Crippen molar-refractivity contribution in [1.29, 1.82) is 0 Å². The fourth-order valence-electron chi connectivity index (χ4n) is 3.55. The number of nitrogens with one attached hydrogen (secondary N) is 2. The summed E-state index contributed by atoms with van der Waals surface area (Å²) in [5.41, 5.74) is 4.16. The fourth-order valence-corrected chi connectivity index (χ4v) is 3.67. The lowest BCUT2D eigenvalue weighted by atomic mass is 9.86. The molecule has 1 atom stereocenters. The van der Waals surface area contributed by atoms with Gasteiger partial charge in [0.25, 0.3) is 0 Å². The Balaban J connectivity index is 1.47. The number of carbonyl (C=O) groups is 1. The van der Waals surface area contributed by atoms with Crippen molar-refractivity contribution in [3.63, 3.8) is 0 Å². The van der Waals surface area contributed by atoms with E-state index in [-0.39, 0.29) is 17.6 Å². The van der Waals surface area contributed by atoms with Gasteiger partial charge in [-0.1, -0.05) is 23.7 Å². The van der Waals surface area contributed by atoms with Crippen LogP contribution in [0.15, 0.2) is 42.5 Å². The third kappa shape index (κ3) is 3.27. The van der Waals surface area contributed by atoms with Crippen molar-refractivity contribution >= 4 is 28.4 Å². The molecular formula is C20H18ClFN2O. The van der Waals surface area contributed by atoms with Gasteiger partial charge in [-0.15, -0.1) is 0 Å². The average molecular weight is 357 g/mol. The molecule has 0 bridgehead atoms. The molecule has 1 unspecified atom stereocenters. The SMILES string of the molecule is O=C(NCc1ccc(Cl)cc1)C1CCc2[nH]c3ccc(F)cc3c2C1. The first kappa shape index (κ1) is 16.2. The summed E-state index contributed by atoms with van der Waals surface area (Å²) in [7, 11) is 0. The van der Waals surface area contributed by atoms with E-state index >= 15 is 0 Å². The lowest BCUT2D eigenvalue weighted by molar-refractivity contribution is -0.125. The Bertz CT molecular complexity index is 933. The number of fused-ring (bicyclic) bond motifs is 3. The Morgan fingerprint density at radius 3 is 2.84 bits per heavy atom. The number of H-pyrrole nitrogens is 1. The van der Waals surface area contributed by atoms with Crippen molar-refractivity contribution in [1.82, 2.24) is 10.3 Å². The maximum Gasteiger partial charge on any atom is 0.223 e. The molecule has 0 fully saturated rings. The second kappa shape index (κ2) is 6.52. The van der Waals surface area contributed by atoms with E-state index in [1.165, 1.54) is 6.07 Å². The molecule has 0 saturated carbocycles. The molecule has 3 nitrogen and oxygen atoms in total. The molecule has 1 aliphatic carbocycles. The van der Waals surface area contributed by atoms with Crippen molar-refractivity contribution < 1.29 is 9.18 Å². The van der Waals surface area contributed by atoms with Crippen LogP contribution in [0.3, 0.4) is 0 Å². The van der Waals surface area contributed by atoms with Gasteiger partial charge in [0.1, 0.15) is 5.82 Å². The molecule has 0 spiro atoms. The molecule has 25 heavy (non-hydrogen) atoms. The van der Waals surface area contributed by atoms with E-state index in [9.17, 15) is 9.18 Å². The summed E-state index contributed by atoms with van der Waals surface area (Å²) in [4.78, 5) is 15.9. The Labute approximate surface area is 150 Å². The van der Waals surface area contributed by atoms with Crippen LogP contribution < -0.4 is 5.32 Å². The van der Waals surface area contributed by atoms with Crippen LogP contribution >= 0.6 is 11.6 Å². The quantitative estimate of drug-likeness (QED) is 0.718. The molecule has 128 valence electrons. The van der Waals surface area contributed by atoms with Gasteiger partial charge in [0.2, 0.25) is 5.91 Å². The lowest BCUT2D eigenvalue weighted by Gasteiger charge is -2.22. The zero-order valence-corrected chi connectivity index (χ0v) is 14.4. The molecule has 1 heterocycles. The van der Waals surface area contributed by atoms with E-state index in [1.54, 1.807) is 12.1 Å². The number of rotatable bonds is 3. The van der Waals surface area contributed by atoms with Crippen LogP contribution in [0.1, 0.15) is 23.2 Å². The number of aryl methyl sites for hydroxylation is 1. The second-order valence-corrected chi connectivity index (χ2v) is 6.99. The molecule has 0 saturated heterocycles. The average Bonchev–Trinajstić information content (AvgIpc) is 2.98. The predicted octanol–water partition coefficient (Wildman–Crippen LogP) is 4.38. The standard InChI is InChI=1S/C20H18ClFN2O/c21-14-4-1-12(2-5-14)11-23-20(25)13-3-7-18-16(9-13)17-10-15(22)6-8-19(17)24-18/h1-2,4-6,8,10,13,24H,3,7,9,11H2,(H,23,25). The number of hydrogen-bond donors (Lipinski definition) is 2. The van der Waals surface area contributed by atoms with Crippen molar-refractivity contribution in [2.24, 2.45) is 5.92 Å². The molecule has 4 rings (SSSR count). The van der Waals surface area contributed by atoms with Gasteiger partial charge < -0.3 is 10.3 Å². The van der Waals surface area contributed by atoms with Gasteiger partial charge in [0.05, 0.1) is 0 Å². The van der Waals surface area contributed by atoms with E-state index in [1.807, 2.05) is 24.3 Å². The van der Waals surface area contributed by atoms with Crippen LogP contribution in [0.2, 0.25) is 5.02 Å². The number of carbonyl (C=O) groups excluding carboxylic acids is 1. The molecule has 5 heteroatoms. The normalized spacial score (nSPS) is 16.6. The topological polar surface area (TPSA) is 44.9 Å². The number of benzene rings is 2. The summed E-state index contributed by atoms with van der Waals surface area (Å²) in [6.45, 7) is 0.488. The van der Waals surface area contributed by atoms with Crippen molar-refractivity contribution in [3.05, 3.63) is 70.1 Å². The Morgan fingerprint density at radius 2 is 2.04 bits per heavy atom. The number of aromatic nitrogens is 1. The molecule has 1 amide bonds. The van der Waals surface area contributed by atoms with E-state index < -0.39 is 0 Å². The van der Waals surface area contributed by atoms with Gasteiger partial charge in [-0.05, 0) is 60.7 Å². The van der Waals surface area contributed by atoms with Crippen LogP contribution in [0.5, 0.6) is 0 Å². The summed E-state index contributed by atoms with van der Waals surface area (Å²) >= 11 is 5.88. The number of aromatic amines is 1. The van der Waals surface area contributed by atoms with Crippen molar-refractivity contribution in [2.45, 2.75) is 25.8 Å². The van der Waals surface area contributed by atoms with E-state index in [0.29, 0.717) is 18.0 Å². The van der Waals surface area contributed by atoms with Gasteiger partial charge >= 0.3 is 0 Å². The Hall–Kier alpha value is -2.33. The third-order valence-electron chi connectivity index (χ3n) is 4.90. The highest BCUT2D eigenvalue weighted by molar-refractivity contribution is 6.30. The number of hydrogen-bond acceptors (Lipinski definition) is 1. The second-order valence-electron chi connectivity index (χ2n) is 6.56. The molecule has 1 aliphatic rings. The van der Waals surface area contributed by atoms with E-state index in [0.717, 1.165) is 40.6 Å². The molecule has 3 aromatic rings. The molecule has 2 N–H and O–H groups in total. The van der Waals surface area contributed by atoms with Crippen LogP contribution in [-0.4, -0.2) is 10.9 Å². The molecule has 2 aromatic carbocycles. The van der Waals surface area contributed by atoms with Gasteiger partial charge in [-0.3, -0.25) is 4.79 Å². The highest BCUT2D eigenvalue weighted by atomic mass is 35.5. The summed E-state index contributed by atoms with van der Waals surface area (Å²) in [6.07, 6.45) is 2.25. The zero-order chi connectivity index (χ0) is 17.4. The minimum atomic E-state index is -0.247. The molecule has 1 aromatic heterocycles. The third-order valence-corrected chi connectivity index (χ3v) is 5.15. The van der Waals surface area contributed by atoms with E-state index in [4.69, 9.17) is 11.6 Å². The highest BCUT2D eigenvalue weighted by Gasteiger charge is 2.27. The molecule has 0 aliphatic heterocycles. The number of halogens is 2. The van der Waals surface area contributed by atoms with Crippen molar-refractivity contribution in [2.75, 3.05) is 0 Å². The zero-order valence-electron chi connectivity index (χ0n) is 13.6. The maximum atomic E-state index is 13.6. The minimum absolute atomic E-state index is 0.0475. The summed E-state index contributed by atoms with van der Waals surface area (Å²) in [6, 6.07) is 12.2. The smallest absolute Gasteiger partial charge is 0.223 e. The first-order chi connectivity index (χ1) is 12.1. The maximum absolute atomic E-state index is 13.6. The van der Waals surface area contributed by atoms with Crippen LogP contribution in [0.25, 0.3) is 10.9 Å². The van der Waals surface area contributed by atoms with Crippen molar-refractivity contribution in [3.8, 4) is 0 Å². The summed E-state index contributed by atoms with van der Waals surface area (Å²) < 4.78 is 13.6. The largest absolute Gasteiger partial charge is 0.358 e. The lowest BCUT2D eigenvalue weighted by Crippen LogP contribution is -2.33. The monoisotopic (exact) mass is 356 g/mol. The Morgan fingerprint density at radius 1 is 1.24 bits per heavy atom. The van der Waals surface area contributed by atoms with Gasteiger partial charge in [-0.2, -0.15) is 0 Å².